The molecule has 31 heavy (non-hydrogen) atoms. The summed E-state index contributed by atoms with van der Waals surface area (Å²) < 4.78 is 10.5. The smallest absolute Gasteiger partial charge is 0.343 e. The van der Waals surface area contributed by atoms with Crippen molar-refractivity contribution in [1.29, 1.82) is 0 Å². The Balaban J connectivity index is 1.48. The number of nitro benzene ring substituents is 1. The van der Waals surface area contributed by atoms with Gasteiger partial charge >= 0.3 is 11.7 Å². The van der Waals surface area contributed by atoms with Crippen molar-refractivity contribution in [3.05, 3.63) is 100 Å². The van der Waals surface area contributed by atoms with Gasteiger partial charge in [-0.15, -0.1) is 0 Å². The van der Waals surface area contributed by atoms with Gasteiger partial charge < -0.3 is 9.47 Å². The molecule has 3 rings (SSSR count). The standard InChI is InChI=1S/C22H17N3O6/c26-21(15-30-20-9-5-4-8-19(20)25(28)29)24-23-14-16-10-12-18(13-11-16)31-22(27)17-6-2-1-3-7-17/h1-14H,15H2,(H,24,26)/b23-14-. The van der Waals surface area contributed by atoms with Crippen LogP contribution in [-0.4, -0.2) is 29.6 Å². The zero-order valence-electron chi connectivity index (χ0n) is 16.1. The summed E-state index contributed by atoms with van der Waals surface area (Å²) in [5.41, 5.74) is 3.13. The van der Waals surface area contributed by atoms with Crippen LogP contribution in [-0.2, 0) is 4.79 Å². The number of benzene rings is 3. The van der Waals surface area contributed by atoms with Crippen LogP contribution in [0.3, 0.4) is 0 Å². The summed E-state index contributed by atoms with van der Waals surface area (Å²) in [4.78, 5) is 34.2. The summed E-state index contributed by atoms with van der Waals surface area (Å²) in [6, 6.07) is 20.9. The number of ether oxygens (including phenoxy) is 2. The minimum Gasteiger partial charge on any atom is -0.477 e. The number of hydrazone groups is 1. The molecule has 0 saturated heterocycles. The summed E-state index contributed by atoms with van der Waals surface area (Å²) in [5.74, 6) is -0.684. The number of amides is 1. The van der Waals surface area contributed by atoms with Gasteiger partial charge in [-0.05, 0) is 48.0 Å². The molecular formula is C22H17N3O6. The minimum atomic E-state index is -0.591. The van der Waals surface area contributed by atoms with Crippen molar-refractivity contribution < 1.29 is 24.0 Å². The van der Waals surface area contributed by atoms with Crippen molar-refractivity contribution in [3.63, 3.8) is 0 Å². The van der Waals surface area contributed by atoms with Gasteiger partial charge in [-0.25, -0.2) is 10.2 Å². The first-order valence-corrected chi connectivity index (χ1v) is 9.08. The van der Waals surface area contributed by atoms with Crippen molar-refractivity contribution in [2.24, 2.45) is 5.10 Å². The van der Waals surface area contributed by atoms with Gasteiger partial charge in [0.2, 0.25) is 0 Å². The normalized spacial score (nSPS) is 10.5. The minimum absolute atomic E-state index is 0.00716. The number of hydrogen-bond donors (Lipinski definition) is 1. The Labute approximate surface area is 177 Å². The Kier molecular flexibility index (Phi) is 7.04. The molecule has 0 aliphatic rings. The summed E-state index contributed by atoms with van der Waals surface area (Å²) in [5, 5.41) is 14.7. The molecule has 0 aliphatic heterocycles. The van der Waals surface area contributed by atoms with E-state index >= 15 is 0 Å². The van der Waals surface area contributed by atoms with Gasteiger partial charge in [0, 0.05) is 6.07 Å². The Hall–Kier alpha value is -4.53. The fourth-order valence-electron chi connectivity index (χ4n) is 2.45. The number of nitrogens with zero attached hydrogens (tertiary/aromatic N) is 2. The molecule has 9 nitrogen and oxygen atoms in total. The van der Waals surface area contributed by atoms with Gasteiger partial charge in [0.1, 0.15) is 5.75 Å². The zero-order valence-corrected chi connectivity index (χ0v) is 16.1. The molecule has 0 heterocycles. The molecule has 3 aromatic carbocycles. The highest BCUT2D eigenvalue weighted by Gasteiger charge is 2.14. The highest BCUT2D eigenvalue weighted by Crippen LogP contribution is 2.25. The first-order valence-electron chi connectivity index (χ1n) is 9.08. The summed E-state index contributed by atoms with van der Waals surface area (Å²) >= 11 is 0. The van der Waals surface area contributed by atoms with Gasteiger partial charge in [0.15, 0.2) is 12.4 Å². The first kappa shape index (κ1) is 21.2. The molecule has 0 atom stereocenters. The molecule has 156 valence electrons. The second-order valence-electron chi connectivity index (χ2n) is 6.13. The Morgan fingerprint density at radius 2 is 1.65 bits per heavy atom. The number of nitro groups is 1. The van der Waals surface area contributed by atoms with Crippen LogP contribution in [0.2, 0.25) is 0 Å². The lowest BCUT2D eigenvalue weighted by Gasteiger charge is -2.05. The van der Waals surface area contributed by atoms with Gasteiger partial charge in [-0.1, -0.05) is 30.3 Å². The number of nitrogens with one attached hydrogen (secondary N) is 1. The maximum absolute atomic E-state index is 12.0. The van der Waals surface area contributed by atoms with E-state index in [1.54, 1.807) is 60.7 Å². The average molecular weight is 419 g/mol. The number of rotatable bonds is 8. The van der Waals surface area contributed by atoms with Crippen molar-refractivity contribution in [3.8, 4) is 11.5 Å². The lowest BCUT2D eigenvalue weighted by Crippen LogP contribution is -2.24. The summed E-state index contributed by atoms with van der Waals surface area (Å²) in [6.45, 7) is -0.434. The summed E-state index contributed by atoms with van der Waals surface area (Å²) in [6.07, 6.45) is 1.39. The monoisotopic (exact) mass is 419 g/mol. The van der Waals surface area contributed by atoms with E-state index in [1.165, 1.54) is 24.4 Å². The molecule has 0 saturated carbocycles. The van der Waals surface area contributed by atoms with E-state index < -0.39 is 23.4 Å². The van der Waals surface area contributed by atoms with E-state index in [-0.39, 0.29) is 11.4 Å². The van der Waals surface area contributed by atoms with Crippen LogP contribution in [0.1, 0.15) is 15.9 Å². The van der Waals surface area contributed by atoms with Crippen LogP contribution in [0.5, 0.6) is 11.5 Å². The van der Waals surface area contributed by atoms with Crippen LogP contribution in [0, 0.1) is 10.1 Å². The van der Waals surface area contributed by atoms with E-state index in [4.69, 9.17) is 9.47 Å². The van der Waals surface area contributed by atoms with Crippen LogP contribution < -0.4 is 14.9 Å². The van der Waals surface area contributed by atoms with E-state index in [0.29, 0.717) is 16.9 Å². The molecule has 0 bridgehead atoms. The molecule has 0 fully saturated rings. The van der Waals surface area contributed by atoms with E-state index in [2.05, 4.69) is 10.5 Å². The largest absolute Gasteiger partial charge is 0.477 e. The number of hydrogen-bond acceptors (Lipinski definition) is 7. The number of para-hydroxylation sites is 2. The quantitative estimate of drug-likeness (QED) is 0.197. The molecule has 0 aromatic heterocycles. The van der Waals surface area contributed by atoms with Crippen LogP contribution >= 0.6 is 0 Å². The predicted octanol–water partition coefficient (Wildman–Crippen LogP) is 3.34. The van der Waals surface area contributed by atoms with E-state index in [0.717, 1.165) is 0 Å². The maximum Gasteiger partial charge on any atom is 0.343 e. The van der Waals surface area contributed by atoms with Crippen LogP contribution in [0.4, 0.5) is 5.69 Å². The third kappa shape index (κ3) is 6.23. The van der Waals surface area contributed by atoms with Crippen LogP contribution in [0.25, 0.3) is 0 Å². The van der Waals surface area contributed by atoms with E-state index in [9.17, 15) is 19.7 Å². The molecule has 0 unspecified atom stereocenters. The molecule has 9 heteroatoms. The van der Waals surface area contributed by atoms with Gasteiger partial charge in [-0.3, -0.25) is 14.9 Å². The van der Waals surface area contributed by atoms with Crippen molar-refractivity contribution >= 4 is 23.8 Å². The SMILES string of the molecule is O=C(COc1ccccc1[N+](=O)[O-])N/N=C\c1ccc(OC(=O)c2ccccc2)cc1. The molecule has 3 aromatic rings. The van der Waals surface area contributed by atoms with Crippen molar-refractivity contribution in [1.82, 2.24) is 5.43 Å². The molecule has 0 aliphatic carbocycles. The zero-order chi connectivity index (χ0) is 22.1. The topological polar surface area (TPSA) is 120 Å². The Morgan fingerprint density at radius 1 is 0.968 bits per heavy atom. The molecule has 1 amide bonds. The molecule has 1 N–H and O–H groups in total. The van der Waals surface area contributed by atoms with E-state index in [1.807, 2.05) is 0 Å². The number of carbonyl (C=O) groups excluding carboxylic acids is 2. The van der Waals surface area contributed by atoms with Crippen molar-refractivity contribution in [2.75, 3.05) is 6.61 Å². The highest BCUT2D eigenvalue weighted by atomic mass is 16.6. The molecule has 0 spiro atoms. The number of carbonyl (C=O) groups is 2. The first-order chi connectivity index (χ1) is 15.0. The second-order valence-corrected chi connectivity index (χ2v) is 6.13. The highest BCUT2D eigenvalue weighted by molar-refractivity contribution is 5.91. The average Bonchev–Trinajstić information content (AvgIpc) is 2.79. The van der Waals surface area contributed by atoms with Gasteiger partial charge in [0.05, 0.1) is 16.7 Å². The van der Waals surface area contributed by atoms with Crippen LogP contribution in [0.15, 0.2) is 84.0 Å². The second kappa shape index (κ2) is 10.3. The fraction of sp³-hybridized carbons (Fsp3) is 0.0455. The third-order valence-electron chi connectivity index (χ3n) is 3.92. The lowest BCUT2D eigenvalue weighted by atomic mass is 10.2. The van der Waals surface area contributed by atoms with Gasteiger partial charge in [-0.2, -0.15) is 5.10 Å². The number of esters is 1. The lowest BCUT2D eigenvalue weighted by molar-refractivity contribution is -0.385. The molecular weight excluding hydrogens is 402 g/mol. The maximum atomic E-state index is 12.0. The third-order valence-corrected chi connectivity index (χ3v) is 3.92. The van der Waals surface area contributed by atoms with Crippen molar-refractivity contribution in [2.45, 2.75) is 0 Å². The Morgan fingerprint density at radius 3 is 2.35 bits per heavy atom. The molecule has 0 radical (unpaired) electrons. The van der Waals surface area contributed by atoms with Gasteiger partial charge in [0.25, 0.3) is 5.91 Å². The summed E-state index contributed by atoms with van der Waals surface area (Å²) in [7, 11) is 0. The predicted molar refractivity (Wildman–Crippen MR) is 112 cm³/mol. The Bertz CT molecular complexity index is 1100. The fourth-order valence-corrected chi connectivity index (χ4v) is 2.45.